The van der Waals surface area contributed by atoms with Crippen LogP contribution < -0.4 is 10.6 Å². The Hall–Kier alpha value is -4.18. The number of amides is 2. The van der Waals surface area contributed by atoms with E-state index in [1.165, 1.54) is 6.07 Å². The zero-order valence-corrected chi connectivity index (χ0v) is 24.0. The maximum Gasteiger partial charge on any atom is 0.416 e. The molecule has 1 aliphatic heterocycles. The fourth-order valence-electron chi connectivity index (χ4n) is 4.51. The molecule has 42 heavy (non-hydrogen) atoms. The van der Waals surface area contributed by atoms with E-state index < -0.39 is 29.5 Å². The van der Waals surface area contributed by atoms with E-state index in [-0.39, 0.29) is 18.1 Å². The average Bonchev–Trinajstić information content (AvgIpc) is 2.95. The molecule has 0 aliphatic carbocycles. The quantitative estimate of drug-likeness (QED) is 0.311. The van der Waals surface area contributed by atoms with Crippen molar-refractivity contribution in [2.45, 2.75) is 58.5 Å². The summed E-state index contributed by atoms with van der Waals surface area (Å²) in [4.78, 5) is 29.3. The molecule has 0 radical (unpaired) electrons. The number of pyridine rings is 1. The molecular weight excluding hydrogens is 547 g/mol. The van der Waals surface area contributed by atoms with Gasteiger partial charge in [0.05, 0.1) is 24.8 Å². The van der Waals surface area contributed by atoms with Gasteiger partial charge in [-0.2, -0.15) is 13.2 Å². The summed E-state index contributed by atoms with van der Waals surface area (Å²) in [6, 6.07) is 13.5. The number of carbonyl (C=O) groups is 2. The van der Waals surface area contributed by atoms with Crippen molar-refractivity contribution < 1.29 is 32.2 Å². The number of hydrogen-bond acceptors (Lipinski definition) is 5. The molecule has 10 heteroatoms. The van der Waals surface area contributed by atoms with Crippen molar-refractivity contribution in [3.8, 4) is 11.1 Å². The standard InChI is InChI=1S/C32H34F3N3O4/c1-20(38-29(39)28-17-24(11-14-36-28)22-12-15-41-16-13-22)21-5-7-23(8-6-21)27-18-26(32(33,34)35)10-9-25(27)19-37-30(40)42-31(2,3)4/h5-12,14,17-18,20H,13,15-16,19H2,1-4H3,(H,37,40)(H,38,39)/t20-/m1/s1. The van der Waals surface area contributed by atoms with Gasteiger partial charge in [-0.1, -0.05) is 36.4 Å². The van der Waals surface area contributed by atoms with Gasteiger partial charge in [0.1, 0.15) is 11.3 Å². The van der Waals surface area contributed by atoms with E-state index in [0.717, 1.165) is 35.3 Å². The van der Waals surface area contributed by atoms with Crippen molar-refractivity contribution in [2.75, 3.05) is 13.2 Å². The van der Waals surface area contributed by atoms with E-state index in [2.05, 4.69) is 15.6 Å². The molecule has 0 spiro atoms. The van der Waals surface area contributed by atoms with Crippen molar-refractivity contribution in [1.82, 2.24) is 15.6 Å². The predicted octanol–water partition coefficient (Wildman–Crippen LogP) is 7.09. The van der Waals surface area contributed by atoms with Gasteiger partial charge in [-0.3, -0.25) is 9.78 Å². The first-order valence-electron chi connectivity index (χ1n) is 13.6. The topological polar surface area (TPSA) is 89.5 Å². The molecule has 7 nitrogen and oxygen atoms in total. The van der Waals surface area contributed by atoms with Crippen LogP contribution in [0.1, 0.15) is 72.9 Å². The van der Waals surface area contributed by atoms with Crippen LogP contribution in [0.5, 0.6) is 0 Å². The lowest BCUT2D eigenvalue weighted by atomic mass is 9.95. The molecule has 2 aromatic carbocycles. The van der Waals surface area contributed by atoms with Crippen LogP contribution in [0.2, 0.25) is 0 Å². The van der Waals surface area contributed by atoms with E-state index in [0.29, 0.717) is 29.9 Å². The molecule has 0 saturated heterocycles. The molecule has 2 amide bonds. The van der Waals surface area contributed by atoms with Crippen molar-refractivity contribution >= 4 is 17.6 Å². The van der Waals surface area contributed by atoms with E-state index in [1.54, 1.807) is 57.3 Å². The third-order valence-corrected chi connectivity index (χ3v) is 6.66. The molecule has 1 atom stereocenters. The fourth-order valence-corrected chi connectivity index (χ4v) is 4.51. The summed E-state index contributed by atoms with van der Waals surface area (Å²) < 4.78 is 51.2. The highest BCUT2D eigenvalue weighted by Gasteiger charge is 2.31. The van der Waals surface area contributed by atoms with Gasteiger partial charge < -0.3 is 20.1 Å². The Morgan fingerprint density at radius 3 is 2.40 bits per heavy atom. The third-order valence-electron chi connectivity index (χ3n) is 6.66. The Labute approximate surface area is 243 Å². The highest BCUT2D eigenvalue weighted by molar-refractivity contribution is 5.93. The van der Waals surface area contributed by atoms with E-state index in [4.69, 9.17) is 9.47 Å². The fraction of sp³-hybridized carbons (Fsp3) is 0.344. The van der Waals surface area contributed by atoms with Gasteiger partial charge in [0.15, 0.2) is 0 Å². The van der Waals surface area contributed by atoms with Crippen LogP contribution in [0, 0.1) is 0 Å². The molecule has 0 bridgehead atoms. The van der Waals surface area contributed by atoms with E-state index in [9.17, 15) is 22.8 Å². The second-order valence-electron chi connectivity index (χ2n) is 11.0. The summed E-state index contributed by atoms with van der Waals surface area (Å²) in [5.74, 6) is -0.338. The number of nitrogens with one attached hydrogen (secondary N) is 2. The SMILES string of the molecule is C[C@@H](NC(=O)c1cc(C2=CCOCC2)ccn1)c1ccc(-c2cc(C(F)(F)F)ccc2CNC(=O)OC(C)(C)C)cc1. The minimum atomic E-state index is -4.53. The molecule has 3 aromatic rings. The molecule has 2 heterocycles. The minimum absolute atomic E-state index is 0.0212. The monoisotopic (exact) mass is 581 g/mol. The number of aromatic nitrogens is 1. The first-order chi connectivity index (χ1) is 19.8. The number of hydrogen-bond donors (Lipinski definition) is 2. The van der Waals surface area contributed by atoms with E-state index in [1.807, 2.05) is 19.1 Å². The van der Waals surface area contributed by atoms with Crippen LogP contribution >= 0.6 is 0 Å². The summed E-state index contributed by atoms with van der Waals surface area (Å²) in [6.45, 7) is 8.13. The van der Waals surface area contributed by atoms with Crippen LogP contribution in [0.3, 0.4) is 0 Å². The first-order valence-corrected chi connectivity index (χ1v) is 13.6. The van der Waals surface area contributed by atoms with Gasteiger partial charge >= 0.3 is 12.3 Å². The van der Waals surface area contributed by atoms with Crippen molar-refractivity contribution in [2.24, 2.45) is 0 Å². The summed E-state index contributed by atoms with van der Waals surface area (Å²) >= 11 is 0. The van der Waals surface area contributed by atoms with Crippen LogP contribution in [0.15, 0.2) is 66.9 Å². The number of benzene rings is 2. The zero-order valence-electron chi connectivity index (χ0n) is 24.0. The molecule has 2 N–H and O–H groups in total. The Morgan fingerprint density at radius 2 is 1.76 bits per heavy atom. The van der Waals surface area contributed by atoms with Gasteiger partial charge in [-0.15, -0.1) is 0 Å². The summed E-state index contributed by atoms with van der Waals surface area (Å²) in [5.41, 5.74) is 2.92. The van der Waals surface area contributed by atoms with Gasteiger partial charge in [-0.25, -0.2) is 4.79 Å². The molecule has 1 aromatic heterocycles. The van der Waals surface area contributed by atoms with Crippen molar-refractivity contribution in [3.05, 3.63) is 94.8 Å². The van der Waals surface area contributed by atoms with Crippen LogP contribution in [0.4, 0.5) is 18.0 Å². The van der Waals surface area contributed by atoms with Gasteiger partial charge in [0.25, 0.3) is 5.91 Å². The third kappa shape index (κ3) is 8.19. The largest absolute Gasteiger partial charge is 0.444 e. The summed E-state index contributed by atoms with van der Waals surface area (Å²) in [6.07, 6.45) is -0.841. The van der Waals surface area contributed by atoms with Crippen LogP contribution in [-0.2, 0) is 22.2 Å². The second kappa shape index (κ2) is 12.8. The van der Waals surface area contributed by atoms with E-state index >= 15 is 0 Å². The maximum atomic E-state index is 13.5. The zero-order chi connectivity index (χ0) is 30.5. The molecule has 0 unspecified atom stereocenters. The normalized spacial score (nSPS) is 14.5. The lowest BCUT2D eigenvalue weighted by molar-refractivity contribution is -0.137. The number of alkyl halides is 3. The second-order valence-corrected chi connectivity index (χ2v) is 11.0. The molecule has 0 saturated carbocycles. The predicted molar refractivity (Wildman–Crippen MR) is 153 cm³/mol. The Kier molecular flexibility index (Phi) is 9.36. The minimum Gasteiger partial charge on any atom is -0.444 e. The molecule has 222 valence electrons. The van der Waals surface area contributed by atoms with Gasteiger partial charge in [-0.05, 0) is 91.8 Å². The number of carbonyl (C=O) groups excluding carboxylic acids is 2. The lowest BCUT2D eigenvalue weighted by Gasteiger charge is -2.20. The molecule has 4 rings (SSSR count). The Morgan fingerprint density at radius 1 is 1.02 bits per heavy atom. The number of alkyl carbamates (subject to hydrolysis) is 1. The lowest BCUT2D eigenvalue weighted by Crippen LogP contribution is -2.32. The van der Waals surface area contributed by atoms with Crippen LogP contribution in [-0.4, -0.2) is 35.8 Å². The van der Waals surface area contributed by atoms with Crippen molar-refractivity contribution in [1.29, 1.82) is 0 Å². The summed E-state index contributed by atoms with van der Waals surface area (Å²) in [5, 5.41) is 5.55. The Bertz CT molecular complexity index is 1460. The number of ether oxygens (including phenoxy) is 2. The summed E-state index contributed by atoms with van der Waals surface area (Å²) in [7, 11) is 0. The molecule has 0 fully saturated rings. The maximum absolute atomic E-state index is 13.5. The van der Waals surface area contributed by atoms with Crippen molar-refractivity contribution in [3.63, 3.8) is 0 Å². The smallest absolute Gasteiger partial charge is 0.416 e. The number of halogens is 3. The molecular formula is C32H34F3N3O4. The number of rotatable bonds is 7. The van der Waals surface area contributed by atoms with Gasteiger partial charge in [0, 0.05) is 12.7 Å². The first kappa shape index (κ1) is 30.8. The van der Waals surface area contributed by atoms with Gasteiger partial charge in [0.2, 0.25) is 0 Å². The molecule has 1 aliphatic rings. The van der Waals surface area contributed by atoms with Crippen LogP contribution in [0.25, 0.3) is 16.7 Å². The number of nitrogens with zero attached hydrogens (tertiary/aromatic N) is 1. The average molecular weight is 582 g/mol. The highest BCUT2D eigenvalue weighted by atomic mass is 19.4. The highest BCUT2D eigenvalue weighted by Crippen LogP contribution is 2.34. The Balaban J connectivity index is 1.50.